The first-order valence-corrected chi connectivity index (χ1v) is 7.68. The Morgan fingerprint density at radius 3 is 2.71 bits per heavy atom. The summed E-state index contributed by atoms with van der Waals surface area (Å²) in [5, 5.41) is 10.5. The summed E-state index contributed by atoms with van der Waals surface area (Å²) in [7, 11) is 2.13. The van der Waals surface area contributed by atoms with Crippen molar-refractivity contribution >= 4 is 22.7 Å². The molecule has 0 radical (unpaired) electrons. The molecule has 2 bridgehead atoms. The van der Waals surface area contributed by atoms with Gasteiger partial charge in [0.05, 0.1) is 5.92 Å². The lowest BCUT2D eigenvalue weighted by atomic mass is 9.83. The predicted octanol–water partition coefficient (Wildman–Crippen LogP) is 3.06. The Bertz CT molecular complexity index is 739. The highest BCUT2D eigenvalue weighted by Gasteiger charge is 2.35. The van der Waals surface area contributed by atoms with Gasteiger partial charge in [-0.3, -0.25) is 4.79 Å². The van der Waals surface area contributed by atoms with E-state index in [1.165, 1.54) is 35.1 Å². The maximum absolute atomic E-state index is 11.2. The van der Waals surface area contributed by atoms with Crippen LogP contribution in [0.25, 0.3) is 10.9 Å². The van der Waals surface area contributed by atoms with E-state index in [9.17, 15) is 9.90 Å². The Morgan fingerprint density at radius 2 is 2.05 bits per heavy atom. The molecular weight excluding hydrogens is 264 g/mol. The molecule has 21 heavy (non-hydrogen) atoms. The Balaban J connectivity index is 1.96. The molecule has 5 rings (SSSR count). The van der Waals surface area contributed by atoms with Crippen molar-refractivity contribution in [3.63, 3.8) is 0 Å². The lowest BCUT2D eigenvalue weighted by molar-refractivity contribution is -0.138. The average Bonchev–Trinajstić information content (AvgIpc) is 2.83. The van der Waals surface area contributed by atoms with Crippen molar-refractivity contribution in [3.8, 4) is 0 Å². The monoisotopic (exact) mass is 284 g/mol. The van der Waals surface area contributed by atoms with E-state index >= 15 is 0 Å². The topological polar surface area (TPSA) is 45.5 Å². The number of benzene rings is 1. The lowest BCUT2D eigenvalue weighted by Crippen LogP contribution is -2.39. The van der Waals surface area contributed by atoms with Crippen molar-refractivity contribution in [2.24, 2.45) is 7.05 Å². The third-order valence-electron chi connectivity index (χ3n) is 5.30. The van der Waals surface area contributed by atoms with Gasteiger partial charge in [-0.25, -0.2) is 0 Å². The maximum Gasteiger partial charge on any atom is 0.310 e. The van der Waals surface area contributed by atoms with Crippen LogP contribution >= 0.6 is 0 Å². The van der Waals surface area contributed by atoms with Crippen LogP contribution in [-0.4, -0.2) is 28.7 Å². The summed E-state index contributed by atoms with van der Waals surface area (Å²) in [6.07, 6.45) is 2.45. The van der Waals surface area contributed by atoms with Crippen LogP contribution < -0.4 is 4.90 Å². The highest BCUT2D eigenvalue weighted by molar-refractivity contribution is 5.93. The fourth-order valence-electron chi connectivity index (χ4n) is 4.05. The predicted molar refractivity (Wildman–Crippen MR) is 83.2 cm³/mol. The van der Waals surface area contributed by atoms with Gasteiger partial charge in [0.25, 0.3) is 0 Å². The molecule has 110 valence electrons. The molecule has 1 aromatic heterocycles. The Morgan fingerprint density at radius 1 is 1.33 bits per heavy atom. The molecule has 1 unspecified atom stereocenters. The number of carbonyl (C=O) groups is 1. The van der Waals surface area contributed by atoms with Gasteiger partial charge in [-0.2, -0.15) is 0 Å². The first-order chi connectivity index (χ1) is 10.1. The fourth-order valence-corrected chi connectivity index (χ4v) is 4.05. The van der Waals surface area contributed by atoms with E-state index in [-0.39, 0.29) is 0 Å². The third kappa shape index (κ3) is 1.65. The summed E-state index contributed by atoms with van der Waals surface area (Å²) < 4.78 is 2.28. The zero-order valence-corrected chi connectivity index (χ0v) is 12.5. The zero-order chi connectivity index (χ0) is 14.7. The van der Waals surface area contributed by atoms with Crippen LogP contribution in [0.4, 0.5) is 5.82 Å². The molecule has 4 nitrogen and oxygen atoms in total. The van der Waals surface area contributed by atoms with Crippen LogP contribution in [-0.2, 0) is 11.8 Å². The van der Waals surface area contributed by atoms with Crippen LogP contribution in [0.1, 0.15) is 42.7 Å². The summed E-state index contributed by atoms with van der Waals surface area (Å²) in [6.45, 7) is 4.06. The molecule has 3 aliphatic heterocycles. The van der Waals surface area contributed by atoms with Gasteiger partial charge in [-0.15, -0.1) is 0 Å². The second-order valence-electron chi connectivity index (χ2n) is 6.39. The Kier molecular flexibility index (Phi) is 2.59. The number of hydrogen-bond acceptors (Lipinski definition) is 2. The molecule has 0 spiro atoms. The van der Waals surface area contributed by atoms with E-state index < -0.39 is 11.9 Å². The number of aryl methyl sites for hydroxylation is 1. The standard InChI is InChI=1S/C17H20N2O2/c1-10(17(20)21)12-3-4-14-13(9-12)15-11-5-7-19(8-6-11)16(15)18(14)2/h3-4,9-11H,5-8H2,1-2H3,(H,20,21). The van der Waals surface area contributed by atoms with Crippen molar-refractivity contribution in [3.05, 3.63) is 29.3 Å². The van der Waals surface area contributed by atoms with Crippen LogP contribution in [0.15, 0.2) is 18.2 Å². The molecule has 2 aromatic rings. The lowest BCUT2D eigenvalue weighted by Gasteiger charge is -2.41. The SMILES string of the molecule is CC(C(=O)O)c1ccc2c(c1)c1c(n2C)N2CCC1CC2. The van der Waals surface area contributed by atoms with Crippen molar-refractivity contribution in [2.75, 3.05) is 18.0 Å². The summed E-state index contributed by atoms with van der Waals surface area (Å²) >= 11 is 0. The number of nitrogens with zero attached hydrogens (tertiary/aromatic N) is 2. The van der Waals surface area contributed by atoms with Gasteiger partial charge in [0.15, 0.2) is 0 Å². The molecule has 4 heterocycles. The first kappa shape index (κ1) is 12.7. The summed E-state index contributed by atoms with van der Waals surface area (Å²) in [6, 6.07) is 6.15. The average molecular weight is 284 g/mol. The van der Waals surface area contributed by atoms with E-state index in [1.54, 1.807) is 6.92 Å². The smallest absolute Gasteiger partial charge is 0.310 e. The maximum atomic E-state index is 11.2. The number of aliphatic carboxylic acids is 1. The van der Waals surface area contributed by atoms with Gasteiger partial charge in [-0.05, 0) is 43.4 Å². The van der Waals surface area contributed by atoms with Gasteiger partial charge < -0.3 is 14.6 Å². The summed E-state index contributed by atoms with van der Waals surface area (Å²) in [5.74, 6) is 0.785. The first-order valence-electron chi connectivity index (χ1n) is 7.68. The normalized spacial score (nSPS) is 19.0. The van der Waals surface area contributed by atoms with Crippen molar-refractivity contribution in [1.82, 2.24) is 4.57 Å². The molecule has 0 amide bonds. The number of anilines is 1. The van der Waals surface area contributed by atoms with Crippen molar-refractivity contribution in [2.45, 2.75) is 31.6 Å². The number of aromatic nitrogens is 1. The minimum atomic E-state index is -0.760. The highest BCUT2D eigenvalue weighted by atomic mass is 16.4. The molecule has 1 N–H and O–H groups in total. The Hall–Kier alpha value is -1.97. The van der Waals surface area contributed by atoms with Gasteiger partial charge in [0.2, 0.25) is 0 Å². The minimum absolute atomic E-state index is 0.452. The van der Waals surface area contributed by atoms with Crippen LogP contribution in [0, 0.1) is 0 Å². The number of carboxylic acids is 1. The number of piperidine rings is 1. The second kappa shape index (κ2) is 4.26. The number of carboxylic acid groups (broad SMARTS) is 1. The molecule has 0 aliphatic carbocycles. The number of rotatable bonds is 2. The van der Waals surface area contributed by atoms with E-state index in [1.807, 2.05) is 6.07 Å². The molecule has 1 saturated heterocycles. The molecular formula is C17H20N2O2. The highest BCUT2D eigenvalue weighted by Crippen LogP contribution is 2.47. The molecule has 1 atom stereocenters. The van der Waals surface area contributed by atoms with Gasteiger partial charge in [0.1, 0.15) is 5.82 Å². The molecule has 1 fully saturated rings. The number of fused-ring (bicyclic) bond motifs is 3. The van der Waals surface area contributed by atoms with Gasteiger partial charge in [0, 0.05) is 36.6 Å². The van der Waals surface area contributed by atoms with Gasteiger partial charge >= 0.3 is 5.97 Å². The summed E-state index contributed by atoms with van der Waals surface area (Å²) in [5.41, 5.74) is 3.57. The van der Waals surface area contributed by atoms with Crippen LogP contribution in [0.3, 0.4) is 0 Å². The van der Waals surface area contributed by atoms with Crippen LogP contribution in [0.2, 0.25) is 0 Å². The van der Waals surface area contributed by atoms with Crippen molar-refractivity contribution < 1.29 is 9.90 Å². The van der Waals surface area contributed by atoms with Crippen molar-refractivity contribution in [1.29, 1.82) is 0 Å². The molecule has 3 aliphatic rings. The van der Waals surface area contributed by atoms with E-state index in [4.69, 9.17) is 0 Å². The molecule has 0 saturated carbocycles. The third-order valence-corrected chi connectivity index (χ3v) is 5.30. The molecule has 4 heteroatoms. The van der Waals surface area contributed by atoms with E-state index in [0.29, 0.717) is 5.92 Å². The number of hydrogen-bond donors (Lipinski definition) is 1. The van der Waals surface area contributed by atoms with E-state index in [2.05, 4.69) is 28.6 Å². The quantitative estimate of drug-likeness (QED) is 0.922. The second-order valence-corrected chi connectivity index (χ2v) is 6.39. The largest absolute Gasteiger partial charge is 0.481 e. The van der Waals surface area contributed by atoms with Gasteiger partial charge in [-0.1, -0.05) is 6.07 Å². The molecule has 1 aromatic carbocycles. The zero-order valence-electron chi connectivity index (χ0n) is 12.5. The fraction of sp³-hybridized carbons (Fsp3) is 0.471. The Labute approximate surface area is 124 Å². The minimum Gasteiger partial charge on any atom is -0.481 e. The van der Waals surface area contributed by atoms with Crippen LogP contribution in [0.5, 0.6) is 0 Å². The summed E-state index contributed by atoms with van der Waals surface area (Å²) in [4.78, 5) is 13.7. The van der Waals surface area contributed by atoms with E-state index in [0.717, 1.165) is 18.7 Å².